The molecule has 6 nitrogen and oxygen atoms in total. The molecule has 0 saturated heterocycles. The summed E-state index contributed by atoms with van der Waals surface area (Å²) in [6, 6.07) is 3.97. The summed E-state index contributed by atoms with van der Waals surface area (Å²) in [5.74, 6) is 0. The molecule has 0 aliphatic rings. The highest BCUT2D eigenvalue weighted by atomic mass is 32.2. The molecule has 0 spiro atoms. The first-order chi connectivity index (χ1) is 9.13. The van der Waals surface area contributed by atoms with Crippen molar-refractivity contribution in [2.45, 2.75) is 36.6 Å². The lowest BCUT2D eigenvalue weighted by atomic mass is 10.3. The lowest BCUT2D eigenvalue weighted by Crippen LogP contribution is -2.19. The molecule has 0 aliphatic carbocycles. The number of nitrogens with one attached hydrogen (secondary N) is 2. The van der Waals surface area contributed by atoms with E-state index in [1.807, 2.05) is 33.0 Å². The van der Waals surface area contributed by atoms with Crippen LogP contribution in [0.1, 0.15) is 25.5 Å². The minimum atomic E-state index is -0.191. The van der Waals surface area contributed by atoms with Crippen LogP contribution in [0, 0.1) is 0 Å². The molecule has 2 aromatic heterocycles. The largest absolute Gasteiger partial charge is 0.344 e. The van der Waals surface area contributed by atoms with Gasteiger partial charge >= 0.3 is 5.69 Å². The Morgan fingerprint density at radius 1 is 1.53 bits per heavy atom. The molecule has 0 saturated carbocycles. The van der Waals surface area contributed by atoms with Gasteiger partial charge in [-0.05, 0) is 44.3 Å². The van der Waals surface area contributed by atoms with Crippen LogP contribution in [0.15, 0.2) is 33.3 Å². The third-order valence-electron chi connectivity index (χ3n) is 2.59. The molecule has 0 aromatic carbocycles. The summed E-state index contributed by atoms with van der Waals surface area (Å²) in [5, 5.41) is 11.1. The SMILES string of the molecule is CNCc1cccnc1Sc1n[nH]c(=O)n1C(C)C. The second-order valence-electron chi connectivity index (χ2n) is 4.38. The Morgan fingerprint density at radius 2 is 2.32 bits per heavy atom. The third-order valence-corrected chi connectivity index (χ3v) is 3.63. The van der Waals surface area contributed by atoms with Crippen LogP contribution in [-0.2, 0) is 6.54 Å². The topological polar surface area (TPSA) is 75.6 Å². The van der Waals surface area contributed by atoms with Crippen LogP contribution in [0.25, 0.3) is 0 Å². The fourth-order valence-electron chi connectivity index (χ4n) is 1.75. The maximum atomic E-state index is 11.7. The van der Waals surface area contributed by atoms with Crippen LogP contribution < -0.4 is 11.0 Å². The quantitative estimate of drug-likeness (QED) is 0.865. The summed E-state index contributed by atoms with van der Waals surface area (Å²) >= 11 is 1.40. The van der Waals surface area contributed by atoms with E-state index < -0.39 is 0 Å². The Labute approximate surface area is 115 Å². The van der Waals surface area contributed by atoms with E-state index in [0.717, 1.165) is 17.1 Å². The van der Waals surface area contributed by atoms with E-state index >= 15 is 0 Å². The third kappa shape index (κ3) is 3.05. The number of nitrogens with zero attached hydrogens (tertiary/aromatic N) is 3. The zero-order valence-electron chi connectivity index (χ0n) is 11.2. The van der Waals surface area contributed by atoms with E-state index in [4.69, 9.17) is 0 Å². The lowest BCUT2D eigenvalue weighted by molar-refractivity contribution is 0.533. The van der Waals surface area contributed by atoms with Gasteiger partial charge in [0.2, 0.25) is 0 Å². The summed E-state index contributed by atoms with van der Waals surface area (Å²) in [6.45, 7) is 4.63. The van der Waals surface area contributed by atoms with E-state index in [2.05, 4.69) is 20.5 Å². The highest BCUT2D eigenvalue weighted by Gasteiger charge is 2.14. The monoisotopic (exact) mass is 279 g/mol. The van der Waals surface area contributed by atoms with E-state index in [-0.39, 0.29) is 11.7 Å². The van der Waals surface area contributed by atoms with Crippen molar-refractivity contribution in [2.75, 3.05) is 7.05 Å². The van der Waals surface area contributed by atoms with Crippen molar-refractivity contribution >= 4 is 11.8 Å². The van der Waals surface area contributed by atoms with Crippen molar-refractivity contribution in [3.63, 3.8) is 0 Å². The Hall–Kier alpha value is -1.60. The number of aromatic amines is 1. The highest BCUT2D eigenvalue weighted by Crippen LogP contribution is 2.27. The Bertz CT molecular complexity index is 604. The fourth-order valence-corrected chi connectivity index (χ4v) is 2.79. The number of aromatic nitrogens is 4. The smallest absolute Gasteiger partial charge is 0.316 e. The molecule has 0 unspecified atom stereocenters. The van der Waals surface area contributed by atoms with Crippen molar-refractivity contribution in [1.82, 2.24) is 25.1 Å². The molecule has 2 N–H and O–H groups in total. The first-order valence-corrected chi connectivity index (χ1v) is 6.88. The fraction of sp³-hybridized carbons (Fsp3) is 0.417. The molecule has 102 valence electrons. The molecule has 0 fully saturated rings. The molecule has 2 aromatic rings. The normalized spacial score (nSPS) is 11.2. The zero-order valence-corrected chi connectivity index (χ0v) is 12.0. The minimum absolute atomic E-state index is 0.0604. The predicted molar refractivity (Wildman–Crippen MR) is 74.4 cm³/mol. The molecule has 0 amide bonds. The van der Waals surface area contributed by atoms with E-state index in [1.165, 1.54) is 11.8 Å². The summed E-state index contributed by atoms with van der Waals surface area (Å²) in [6.07, 6.45) is 1.74. The van der Waals surface area contributed by atoms with Crippen molar-refractivity contribution in [2.24, 2.45) is 0 Å². The summed E-state index contributed by atoms with van der Waals surface area (Å²) in [7, 11) is 1.89. The van der Waals surface area contributed by atoms with Crippen LogP contribution in [0.3, 0.4) is 0 Å². The van der Waals surface area contributed by atoms with Gasteiger partial charge in [-0.2, -0.15) is 0 Å². The second kappa shape index (κ2) is 6.03. The van der Waals surface area contributed by atoms with Gasteiger partial charge in [0.1, 0.15) is 5.03 Å². The molecule has 0 aliphatic heterocycles. The van der Waals surface area contributed by atoms with Gasteiger partial charge < -0.3 is 5.32 Å². The molecule has 0 radical (unpaired) electrons. The molecule has 7 heteroatoms. The van der Waals surface area contributed by atoms with Crippen LogP contribution in [0.4, 0.5) is 0 Å². The van der Waals surface area contributed by atoms with Crippen LogP contribution >= 0.6 is 11.8 Å². The summed E-state index contributed by atoms with van der Waals surface area (Å²) < 4.78 is 1.63. The molecule has 19 heavy (non-hydrogen) atoms. The van der Waals surface area contributed by atoms with Crippen molar-refractivity contribution < 1.29 is 0 Å². The van der Waals surface area contributed by atoms with E-state index in [0.29, 0.717) is 5.16 Å². The van der Waals surface area contributed by atoms with Gasteiger partial charge in [-0.25, -0.2) is 14.9 Å². The molecule has 0 atom stereocenters. The lowest BCUT2D eigenvalue weighted by Gasteiger charge is -2.10. The van der Waals surface area contributed by atoms with Gasteiger partial charge in [0, 0.05) is 18.8 Å². The minimum Gasteiger partial charge on any atom is -0.316 e. The molecule has 0 bridgehead atoms. The van der Waals surface area contributed by atoms with Gasteiger partial charge in [-0.15, -0.1) is 5.10 Å². The van der Waals surface area contributed by atoms with Gasteiger partial charge in [-0.3, -0.25) is 4.57 Å². The molecular formula is C12H17N5OS. The number of hydrogen-bond donors (Lipinski definition) is 2. The number of rotatable bonds is 5. The van der Waals surface area contributed by atoms with Crippen LogP contribution in [-0.4, -0.2) is 26.8 Å². The standard InChI is InChI=1S/C12H17N5OS/c1-8(2)17-11(18)15-16-12(17)19-10-9(7-13-3)5-4-6-14-10/h4-6,8,13H,7H2,1-3H3,(H,15,18). The zero-order chi connectivity index (χ0) is 13.8. The van der Waals surface area contributed by atoms with Gasteiger partial charge in [0.05, 0.1) is 0 Å². The first kappa shape index (κ1) is 13.8. The second-order valence-corrected chi connectivity index (χ2v) is 5.33. The van der Waals surface area contributed by atoms with Gasteiger partial charge in [-0.1, -0.05) is 6.07 Å². The van der Waals surface area contributed by atoms with Gasteiger partial charge in [0.15, 0.2) is 5.16 Å². The van der Waals surface area contributed by atoms with E-state index in [1.54, 1.807) is 10.8 Å². The Balaban J connectivity index is 2.34. The first-order valence-electron chi connectivity index (χ1n) is 6.06. The number of pyridine rings is 1. The van der Waals surface area contributed by atoms with Crippen LogP contribution in [0.5, 0.6) is 0 Å². The average Bonchev–Trinajstić information content (AvgIpc) is 2.73. The van der Waals surface area contributed by atoms with Crippen molar-refractivity contribution in [3.05, 3.63) is 34.4 Å². The summed E-state index contributed by atoms with van der Waals surface area (Å²) in [4.78, 5) is 16.0. The summed E-state index contributed by atoms with van der Waals surface area (Å²) in [5.41, 5.74) is 0.893. The molecule has 2 rings (SSSR count). The Kier molecular flexibility index (Phi) is 4.39. The van der Waals surface area contributed by atoms with E-state index in [9.17, 15) is 4.79 Å². The number of H-pyrrole nitrogens is 1. The molecular weight excluding hydrogens is 262 g/mol. The van der Waals surface area contributed by atoms with Gasteiger partial charge in [0.25, 0.3) is 0 Å². The number of hydrogen-bond acceptors (Lipinski definition) is 5. The van der Waals surface area contributed by atoms with Crippen molar-refractivity contribution in [3.8, 4) is 0 Å². The molecule has 2 heterocycles. The van der Waals surface area contributed by atoms with Crippen molar-refractivity contribution in [1.29, 1.82) is 0 Å². The Morgan fingerprint density at radius 3 is 3.00 bits per heavy atom. The predicted octanol–water partition coefficient (Wildman–Crippen LogP) is 1.42. The van der Waals surface area contributed by atoms with Crippen LogP contribution in [0.2, 0.25) is 0 Å². The maximum absolute atomic E-state index is 11.7. The average molecular weight is 279 g/mol. The maximum Gasteiger partial charge on any atom is 0.344 e. The highest BCUT2D eigenvalue weighted by molar-refractivity contribution is 7.99.